The number of Topliss-reactive ketones (excluding diaryl/α,β-unsaturated/α-hetero) is 1. The molecule has 0 heterocycles. The average molecular weight is 254 g/mol. The summed E-state index contributed by atoms with van der Waals surface area (Å²) in [6, 6.07) is 0. The Morgan fingerprint density at radius 3 is 2.28 bits per heavy atom. The first-order valence-electron chi connectivity index (χ1n) is 6.97. The van der Waals surface area contributed by atoms with Crippen molar-refractivity contribution < 1.29 is 14.3 Å². The van der Waals surface area contributed by atoms with Gasteiger partial charge in [-0.1, -0.05) is 32.1 Å². The van der Waals surface area contributed by atoms with E-state index in [1.54, 1.807) is 0 Å². The Morgan fingerprint density at radius 1 is 1.06 bits per heavy atom. The third-order valence-electron chi connectivity index (χ3n) is 2.45. The monoisotopic (exact) mass is 254 g/mol. The van der Waals surface area contributed by atoms with Gasteiger partial charge in [0.2, 0.25) is 6.29 Å². The molecule has 0 aromatic rings. The number of ketones is 1. The van der Waals surface area contributed by atoms with E-state index in [-0.39, 0.29) is 5.78 Å². The fourth-order valence-corrected chi connectivity index (χ4v) is 1.50. The van der Waals surface area contributed by atoms with Crippen molar-refractivity contribution in [1.29, 1.82) is 0 Å². The third-order valence-corrected chi connectivity index (χ3v) is 2.45. The minimum Gasteiger partial charge on any atom is -0.342 e. The molecule has 18 heavy (non-hydrogen) atoms. The van der Waals surface area contributed by atoms with E-state index in [2.05, 4.69) is 18.8 Å². The SMILES string of the molecule is CCCCCCC(=O)CC#CC(OCC)OCC. The van der Waals surface area contributed by atoms with Crippen molar-refractivity contribution in [2.75, 3.05) is 13.2 Å². The number of unbranched alkanes of at least 4 members (excludes halogenated alkanes) is 3. The van der Waals surface area contributed by atoms with E-state index in [9.17, 15) is 4.79 Å². The fraction of sp³-hybridized carbons (Fsp3) is 0.800. The van der Waals surface area contributed by atoms with Gasteiger partial charge >= 0.3 is 0 Å². The molecule has 0 saturated heterocycles. The van der Waals surface area contributed by atoms with Crippen LogP contribution in [-0.2, 0) is 14.3 Å². The molecule has 0 spiro atoms. The first-order valence-corrected chi connectivity index (χ1v) is 6.97. The molecule has 0 radical (unpaired) electrons. The number of ether oxygens (including phenoxy) is 2. The Kier molecular flexibility index (Phi) is 12.0. The second-order valence-electron chi connectivity index (χ2n) is 4.09. The molecule has 0 unspecified atom stereocenters. The molecule has 0 amide bonds. The lowest BCUT2D eigenvalue weighted by molar-refractivity contribution is -0.118. The lowest BCUT2D eigenvalue weighted by Gasteiger charge is -2.09. The zero-order valence-electron chi connectivity index (χ0n) is 12.0. The van der Waals surface area contributed by atoms with Gasteiger partial charge in [-0.2, -0.15) is 0 Å². The van der Waals surface area contributed by atoms with Crippen molar-refractivity contribution in [2.45, 2.75) is 65.6 Å². The van der Waals surface area contributed by atoms with Gasteiger partial charge in [0.25, 0.3) is 0 Å². The van der Waals surface area contributed by atoms with Gasteiger partial charge in [0.15, 0.2) is 0 Å². The van der Waals surface area contributed by atoms with Gasteiger partial charge < -0.3 is 9.47 Å². The second-order valence-corrected chi connectivity index (χ2v) is 4.09. The summed E-state index contributed by atoms with van der Waals surface area (Å²) in [7, 11) is 0. The summed E-state index contributed by atoms with van der Waals surface area (Å²) >= 11 is 0. The van der Waals surface area contributed by atoms with Crippen LogP contribution in [0.2, 0.25) is 0 Å². The van der Waals surface area contributed by atoms with Crippen LogP contribution in [-0.4, -0.2) is 25.3 Å². The van der Waals surface area contributed by atoms with E-state index in [1.807, 2.05) is 13.8 Å². The standard InChI is InChI=1S/C15H26O3/c1-4-7-8-9-11-14(16)12-10-13-15(17-5-2)18-6-3/h15H,4-9,11-12H2,1-3H3. The van der Waals surface area contributed by atoms with Crippen LogP contribution in [0, 0.1) is 11.8 Å². The highest BCUT2D eigenvalue weighted by molar-refractivity contribution is 5.80. The molecule has 3 heteroatoms. The minimum absolute atomic E-state index is 0.213. The van der Waals surface area contributed by atoms with Crippen molar-refractivity contribution in [3.63, 3.8) is 0 Å². The molecule has 0 saturated carbocycles. The van der Waals surface area contributed by atoms with Gasteiger partial charge in [-0.25, -0.2) is 0 Å². The molecule has 104 valence electrons. The summed E-state index contributed by atoms with van der Waals surface area (Å²) < 4.78 is 10.5. The van der Waals surface area contributed by atoms with E-state index in [1.165, 1.54) is 12.8 Å². The van der Waals surface area contributed by atoms with Crippen LogP contribution < -0.4 is 0 Å². The van der Waals surface area contributed by atoms with Crippen molar-refractivity contribution in [3.05, 3.63) is 0 Å². The Bertz CT molecular complexity index is 257. The number of carbonyl (C=O) groups is 1. The first kappa shape index (κ1) is 17.2. The van der Waals surface area contributed by atoms with Crippen LogP contribution in [0.5, 0.6) is 0 Å². The maximum atomic E-state index is 11.5. The Hall–Kier alpha value is -0.850. The highest BCUT2D eigenvalue weighted by atomic mass is 16.7. The smallest absolute Gasteiger partial charge is 0.222 e. The van der Waals surface area contributed by atoms with E-state index >= 15 is 0 Å². The van der Waals surface area contributed by atoms with Crippen LogP contribution in [0.25, 0.3) is 0 Å². The molecular formula is C15H26O3. The molecule has 0 aromatic carbocycles. The zero-order chi connectivity index (χ0) is 13.6. The van der Waals surface area contributed by atoms with Crippen molar-refractivity contribution >= 4 is 5.78 Å². The van der Waals surface area contributed by atoms with Gasteiger partial charge in [0, 0.05) is 19.6 Å². The van der Waals surface area contributed by atoms with Crippen molar-refractivity contribution in [1.82, 2.24) is 0 Å². The number of rotatable bonds is 10. The molecule has 0 aliphatic rings. The van der Waals surface area contributed by atoms with Crippen LogP contribution in [0.4, 0.5) is 0 Å². The van der Waals surface area contributed by atoms with Gasteiger partial charge in [0.05, 0.1) is 6.42 Å². The summed E-state index contributed by atoms with van der Waals surface area (Å²) in [6.45, 7) is 7.07. The van der Waals surface area contributed by atoms with Crippen molar-refractivity contribution in [2.24, 2.45) is 0 Å². The normalized spacial score (nSPS) is 10.2. The highest BCUT2D eigenvalue weighted by Gasteiger charge is 2.03. The van der Waals surface area contributed by atoms with Gasteiger partial charge in [-0.05, 0) is 26.2 Å². The third kappa shape index (κ3) is 10.3. The maximum Gasteiger partial charge on any atom is 0.222 e. The van der Waals surface area contributed by atoms with Gasteiger partial charge in [-0.15, -0.1) is 0 Å². The molecule has 0 N–H and O–H groups in total. The van der Waals surface area contributed by atoms with E-state index < -0.39 is 6.29 Å². The number of carbonyl (C=O) groups excluding carboxylic acids is 1. The van der Waals surface area contributed by atoms with Gasteiger partial charge in [-0.3, -0.25) is 4.79 Å². The number of hydrogen-bond acceptors (Lipinski definition) is 3. The molecular weight excluding hydrogens is 228 g/mol. The Morgan fingerprint density at radius 2 is 1.72 bits per heavy atom. The fourth-order valence-electron chi connectivity index (χ4n) is 1.50. The topological polar surface area (TPSA) is 35.5 Å². The lowest BCUT2D eigenvalue weighted by Crippen LogP contribution is -2.14. The first-order chi connectivity index (χ1) is 8.74. The average Bonchev–Trinajstić information content (AvgIpc) is 2.35. The van der Waals surface area contributed by atoms with Crippen LogP contribution in [0.15, 0.2) is 0 Å². The van der Waals surface area contributed by atoms with E-state index in [4.69, 9.17) is 9.47 Å². The lowest BCUT2D eigenvalue weighted by atomic mass is 10.1. The van der Waals surface area contributed by atoms with Crippen LogP contribution >= 0.6 is 0 Å². The molecule has 0 aliphatic carbocycles. The Labute approximate surface area is 111 Å². The van der Waals surface area contributed by atoms with Crippen LogP contribution in [0.1, 0.15) is 59.3 Å². The quantitative estimate of drug-likeness (QED) is 0.341. The predicted molar refractivity (Wildman–Crippen MR) is 73.2 cm³/mol. The highest BCUT2D eigenvalue weighted by Crippen LogP contribution is 2.04. The minimum atomic E-state index is -0.493. The van der Waals surface area contributed by atoms with E-state index in [0.29, 0.717) is 26.1 Å². The molecule has 0 aliphatic heterocycles. The summed E-state index contributed by atoms with van der Waals surface area (Å²) in [6.07, 6.45) is 4.97. The largest absolute Gasteiger partial charge is 0.342 e. The van der Waals surface area contributed by atoms with Crippen LogP contribution in [0.3, 0.4) is 0 Å². The van der Waals surface area contributed by atoms with E-state index in [0.717, 1.165) is 12.8 Å². The second kappa shape index (κ2) is 12.6. The molecule has 0 rings (SSSR count). The number of hydrogen-bond donors (Lipinski definition) is 0. The zero-order valence-corrected chi connectivity index (χ0v) is 12.0. The van der Waals surface area contributed by atoms with Crippen molar-refractivity contribution in [3.8, 4) is 11.8 Å². The summed E-state index contributed by atoms with van der Waals surface area (Å²) in [5.74, 6) is 5.90. The van der Waals surface area contributed by atoms with Gasteiger partial charge in [0.1, 0.15) is 5.78 Å². The summed E-state index contributed by atoms with van der Waals surface area (Å²) in [4.78, 5) is 11.5. The summed E-state index contributed by atoms with van der Waals surface area (Å²) in [5.41, 5.74) is 0. The summed E-state index contributed by atoms with van der Waals surface area (Å²) in [5, 5.41) is 0. The Balaban J connectivity index is 3.80. The molecule has 0 bridgehead atoms. The molecule has 3 nitrogen and oxygen atoms in total. The predicted octanol–water partition coefficient (Wildman–Crippen LogP) is 3.32. The molecule has 0 fully saturated rings. The maximum absolute atomic E-state index is 11.5. The molecule has 0 atom stereocenters. The molecule has 0 aromatic heterocycles.